The summed E-state index contributed by atoms with van der Waals surface area (Å²) in [5.41, 5.74) is 1.03. The third-order valence-corrected chi connectivity index (χ3v) is 3.94. The van der Waals surface area contributed by atoms with Crippen LogP contribution in [0.15, 0.2) is 30.7 Å². The van der Waals surface area contributed by atoms with Crippen molar-refractivity contribution in [2.45, 2.75) is 26.3 Å². The number of amides is 1. The number of hydrogen-bond donors (Lipinski definition) is 1. The Hall–Kier alpha value is -2.21. The maximum Gasteiger partial charge on any atom is 0.223 e. The Balaban J connectivity index is 1.63. The van der Waals surface area contributed by atoms with Gasteiger partial charge in [-0.05, 0) is 37.5 Å². The smallest absolute Gasteiger partial charge is 0.223 e. The fraction of sp³-hybridized carbons (Fsp3) is 0.438. The van der Waals surface area contributed by atoms with Gasteiger partial charge in [-0.1, -0.05) is 0 Å². The standard InChI is InChI=1S/C16H20N4O2/c1-12-17-6-7-20(12)15-10-13(2-5-18-15)11-19-16(21)14-3-8-22-9-4-14/h2,5-7,10,14H,3-4,8-9,11H2,1H3,(H,19,21). The van der Waals surface area contributed by atoms with Gasteiger partial charge in [0.1, 0.15) is 11.6 Å². The van der Waals surface area contributed by atoms with Crippen LogP contribution in [0, 0.1) is 12.8 Å². The number of ether oxygens (including phenoxy) is 1. The summed E-state index contributed by atoms with van der Waals surface area (Å²) in [4.78, 5) is 20.7. The van der Waals surface area contributed by atoms with E-state index in [1.54, 1.807) is 12.4 Å². The molecule has 0 bridgehead atoms. The van der Waals surface area contributed by atoms with Gasteiger partial charge in [0.15, 0.2) is 0 Å². The minimum absolute atomic E-state index is 0.0750. The number of carbonyl (C=O) groups is 1. The summed E-state index contributed by atoms with van der Waals surface area (Å²) in [6.07, 6.45) is 6.99. The van der Waals surface area contributed by atoms with E-state index in [4.69, 9.17) is 4.74 Å². The molecule has 1 aliphatic heterocycles. The third-order valence-electron chi connectivity index (χ3n) is 3.94. The molecule has 1 saturated heterocycles. The van der Waals surface area contributed by atoms with Gasteiger partial charge in [0, 0.05) is 44.3 Å². The fourth-order valence-corrected chi connectivity index (χ4v) is 2.62. The molecule has 0 unspecified atom stereocenters. The Morgan fingerprint density at radius 2 is 2.18 bits per heavy atom. The quantitative estimate of drug-likeness (QED) is 0.931. The normalized spacial score (nSPS) is 15.7. The number of nitrogens with zero attached hydrogens (tertiary/aromatic N) is 3. The summed E-state index contributed by atoms with van der Waals surface area (Å²) in [6, 6.07) is 3.89. The Morgan fingerprint density at radius 1 is 1.36 bits per heavy atom. The van der Waals surface area contributed by atoms with Gasteiger partial charge in [-0.15, -0.1) is 0 Å². The van der Waals surface area contributed by atoms with Crippen molar-refractivity contribution in [1.82, 2.24) is 19.9 Å². The molecule has 0 atom stereocenters. The first-order valence-electron chi connectivity index (χ1n) is 7.55. The SMILES string of the molecule is Cc1nccn1-c1cc(CNC(=O)C2CCOCC2)ccn1. The van der Waals surface area contributed by atoms with Gasteiger partial charge in [0.2, 0.25) is 5.91 Å². The highest BCUT2D eigenvalue weighted by molar-refractivity contribution is 5.78. The summed E-state index contributed by atoms with van der Waals surface area (Å²) >= 11 is 0. The molecule has 0 spiro atoms. The zero-order valence-corrected chi connectivity index (χ0v) is 12.7. The van der Waals surface area contributed by atoms with Crippen molar-refractivity contribution in [3.63, 3.8) is 0 Å². The molecule has 0 saturated carbocycles. The lowest BCUT2D eigenvalue weighted by Crippen LogP contribution is -2.33. The molecule has 3 heterocycles. The van der Waals surface area contributed by atoms with Crippen molar-refractivity contribution in [1.29, 1.82) is 0 Å². The first-order valence-corrected chi connectivity index (χ1v) is 7.55. The molecule has 1 fully saturated rings. The highest BCUT2D eigenvalue weighted by atomic mass is 16.5. The van der Waals surface area contributed by atoms with E-state index < -0.39 is 0 Å². The highest BCUT2D eigenvalue weighted by Crippen LogP contribution is 2.15. The molecule has 3 rings (SSSR count). The van der Waals surface area contributed by atoms with Crippen LogP contribution in [0.2, 0.25) is 0 Å². The van der Waals surface area contributed by atoms with Crippen LogP contribution in [-0.2, 0) is 16.1 Å². The van der Waals surface area contributed by atoms with Gasteiger partial charge in [-0.2, -0.15) is 0 Å². The van der Waals surface area contributed by atoms with Crippen LogP contribution < -0.4 is 5.32 Å². The summed E-state index contributed by atoms with van der Waals surface area (Å²) < 4.78 is 7.20. The molecule has 1 amide bonds. The number of hydrogen-bond acceptors (Lipinski definition) is 4. The van der Waals surface area contributed by atoms with Gasteiger partial charge in [-0.3, -0.25) is 9.36 Å². The third kappa shape index (κ3) is 3.33. The van der Waals surface area contributed by atoms with Crippen LogP contribution in [0.25, 0.3) is 5.82 Å². The van der Waals surface area contributed by atoms with Crippen molar-refractivity contribution < 1.29 is 9.53 Å². The lowest BCUT2D eigenvalue weighted by Gasteiger charge is -2.21. The van der Waals surface area contributed by atoms with Gasteiger partial charge in [0.05, 0.1) is 0 Å². The van der Waals surface area contributed by atoms with Crippen molar-refractivity contribution >= 4 is 5.91 Å². The average Bonchev–Trinajstić information content (AvgIpc) is 3.00. The van der Waals surface area contributed by atoms with E-state index in [2.05, 4.69) is 15.3 Å². The van der Waals surface area contributed by atoms with Crippen molar-refractivity contribution in [3.8, 4) is 5.82 Å². The lowest BCUT2D eigenvalue weighted by molar-refractivity contribution is -0.128. The van der Waals surface area contributed by atoms with Gasteiger partial charge >= 0.3 is 0 Å². The van der Waals surface area contributed by atoms with Crippen molar-refractivity contribution in [2.24, 2.45) is 5.92 Å². The number of nitrogens with one attached hydrogen (secondary N) is 1. The monoisotopic (exact) mass is 300 g/mol. The predicted molar refractivity (Wildman–Crippen MR) is 81.5 cm³/mol. The molecular weight excluding hydrogens is 280 g/mol. The Morgan fingerprint density at radius 3 is 2.91 bits per heavy atom. The van der Waals surface area contributed by atoms with Crippen molar-refractivity contribution in [2.75, 3.05) is 13.2 Å². The van der Waals surface area contributed by atoms with Crippen LogP contribution in [0.3, 0.4) is 0 Å². The summed E-state index contributed by atoms with van der Waals surface area (Å²) in [5, 5.41) is 3.01. The number of aromatic nitrogens is 3. The first kappa shape index (κ1) is 14.7. The molecule has 2 aromatic rings. The van der Waals surface area contributed by atoms with E-state index in [0.29, 0.717) is 19.8 Å². The largest absolute Gasteiger partial charge is 0.381 e. The van der Waals surface area contributed by atoms with E-state index in [9.17, 15) is 4.79 Å². The number of imidazole rings is 1. The molecule has 6 nitrogen and oxygen atoms in total. The molecule has 1 N–H and O–H groups in total. The molecule has 0 aromatic carbocycles. The van der Waals surface area contributed by atoms with E-state index >= 15 is 0 Å². The number of pyridine rings is 1. The van der Waals surface area contributed by atoms with Crippen LogP contribution in [0.4, 0.5) is 0 Å². The topological polar surface area (TPSA) is 69.0 Å². The maximum atomic E-state index is 12.1. The van der Waals surface area contributed by atoms with E-state index in [1.807, 2.05) is 29.8 Å². The van der Waals surface area contributed by atoms with Gasteiger partial charge in [0.25, 0.3) is 0 Å². The lowest BCUT2D eigenvalue weighted by atomic mass is 9.99. The van der Waals surface area contributed by atoms with Crippen LogP contribution in [0.5, 0.6) is 0 Å². The molecule has 22 heavy (non-hydrogen) atoms. The zero-order valence-electron chi connectivity index (χ0n) is 12.7. The van der Waals surface area contributed by atoms with Crippen molar-refractivity contribution in [3.05, 3.63) is 42.1 Å². The Labute approximate surface area is 129 Å². The van der Waals surface area contributed by atoms with Crippen LogP contribution >= 0.6 is 0 Å². The van der Waals surface area contributed by atoms with E-state index in [-0.39, 0.29) is 11.8 Å². The summed E-state index contributed by atoms with van der Waals surface area (Å²) in [6.45, 7) is 3.80. The van der Waals surface area contributed by atoms with Crippen LogP contribution in [0.1, 0.15) is 24.2 Å². The van der Waals surface area contributed by atoms with E-state index in [1.165, 1.54) is 0 Å². The van der Waals surface area contributed by atoms with E-state index in [0.717, 1.165) is 30.0 Å². The second-order valence-electron chi connectivity index (χ2n) is 5.47. The molecule has 2 aromatic heterocycles. The van der Waals surface area contributed by atoms with Gasteiger partial charge in [-0.25, -0.2) is 9.97 Å². The number of rotatable bonds is 4. The molecule has 0 radical (unpaired) electrons. The van der Waals surface area contributed by atoms with Gasteiger partial charge < -0.3 is 10.1 Å². The number of carbonyl (C=O) groups excluding carboxylic acids is 1. The number of aryl methyl sites for hydroxylation is 1. The summed E-state index contributed by atoms with van der Waals surface area (Å²) in [7, 11) is 0. The maximum absolute atomic E-state index is 12.1. The molecule has 6 heteroatoms. The Kier molecular flexibility index (Phi) is 4.48. The molecule has 0 aliphatic carbocycles. The minimum atomic E-state index is 0.0750. The first-order chi connectivity index (χ1) is 10.7. The fourth-order valence-electron chi connectivity index (χ4n) is 2.62. The molecule has 1 aliphatic rings. The molecule has 116 valence electrons. The zero-order chi connectivity index (χ0) is 15.4. The predicted octanol–water partition coefficient (Wildman–Crippen LogP) is 1.62. The summed E-state index contributed by atoms with van der Waals surface area (Å²) in [5.74, 6) is 1.88. The second kappa shape index (κ2) is 6.70. The second-order valence-corrected chi connectivity index (χ2v) is 5.47. The average molecular weight is 300 g/mol. The molecular formula is C16H20N4O2. The van der Waals surface area contributed by atoms with Crippen LogP contribution in [-0.4, -0.2) is 33.7 Å². The Bertz CT molecular complexity index is 647. The minimum Gasteiger partial charge on any atom is -0.381 e. The highest BCUT2D eigenvalue weighted by Gasteiger charge is 2.21.